The molecule has 24 heavy (non-hydrogen) atoms. The second kappa shape index (κ2) is 8.06. The van der Waals surface area contributed by atoms with E-state index in [1.807, 2.05) is 12.1 Å². The first-order valence-electron chi connectivity index (χ1n) is 6.44. The quantitative estimate of drug-likeness (QED) is 0.790. The zero-order valence-electron chi connectivity index (χ0n) is 12.1. The summed E-state index contributed by atoms with van der Waals surface area (Å²) in [4.78, 5) is 23.8. The maximum Gasteiger partial charge on any atom is 0.490 e. The number of nitrogens with zero attached hydrogens (tertiary/aromatic N) is 1. The van der Waals surface area contributed by atoms with E-state index in [0.29, 0.717) is 6.54 Å². The number of aliphatic carboxylic acids is 1. The Kier molecular flexibility index (Phi) is 6.42. The summed E-state index contributed by atoms with van der Waals surface area (Å²) in [7, 11) is 0. The Labute approximate surface area is 134 Å². The average molecular weight is 342 g/mol. The van der Waals surface area contributed by atoms with Crippen molar-refractivity contribution in [2.45, 2.75) is 12.7 Å². The summed E-state index contributed by atoms with van der Waals surface area (Å²) in [5.74, 6) is -3.69. The maximum absolute atomic E-state index is 10.7. The topological polar surface area (TPSA) is 114 Å². The van der Waals surface area contributed by atoms with Crippen molar-refractivity contribution in [3.05, 3.63) is 53.7 Å². The van der Waals surface area contributed by atoms with Crippen LogP contribution in [0.4, 0.5) is 13.2 Å². The molecule has 0 aliphatic rings. The van der Waals surface area contributed by atoms with E-state index >= 15 is 0 Å². The van der Waals surface area contributed by atoms with E-state index in [-0.39, 0.29) is 5.56 Å². The smallest absolute Gasteiger partial charge is 0.478 e. The van der Waals surface area contributed by atoms with Crippen LogP contribution in [0.25, 0.3) is 11.3 Å². The van der Waals surface area contributed by atoms with Crippen LogP contribution in [0.15, 0.2) is 42.6 Å². The van der Waals surface area contributed by atoms with Gasteiger partial charge in [0.25, 0.3) is 0 Å². The molecule has 0 amide bonds. The van der Waals surface area contributed by atoms with Gasteiger partial charge in [0.2, 0.25) is 0 Å². The molecule has 0 atom stereocenters. The van der Waals surface area contributed by atoms with Gasteiger partial charge in [0.1, 0.15) is 0 Å². The van der Waals surface area contributed by atoms with E-state index in [2.05, 4.69) is 4.98 Å². The largest absolute Gasteiger partial charge is 0.490 e. The fourth-order valence-corrected chi connectivity index (χ4v) is 1.54. The summed E-state index contributed by atoms with van der Waals surface area (Å²) >= 11 is 0. The minimum Gasteiger partial charge on any atom is -0.478 e. The molecule has 0 radical (unpaired) electrons. The van der Waals surface area contributed by atoms with Crippen LogP contribution in [0.1, 0.15) is 15.9 Å². The molecule has 0 aliphatic heterocycles. The second-order valence-electron chi connectivity index (χ2n) is 4.44. The van der Waals surface area contributed by atoms with E-state index in [1.165, 1.54) is 0 Å². The zero-order chi connectivity index (χ0) is 18.3. The van der Waals surface area contributed by atoms with Crippen molar-refractivity contribution >= 4 is 11.9 Å². The van der Waals surface area contributed by atoms with Crippen LogP contribution in [0.3, 0.4) is 0 Å². The summed E-state index contributed by atoms with van der Waals surface area (Å²) in [5, 5.41) is 15.9. The average Bonchev–Trinajstić information content (AvgIpc) is 2.54. The van der Waals surface area contributed by atoms with Crippen LogP contribution >= 0.6 is 0 Å². The van der Waals surface area contributed by atoms with E-state index in [0.717, 1.165) is 16.8 Å². The van der Waals surface area contributed by atoms with Crippen molar-refractivity contribution in [3.8, 4) is 11.3 Å². The maximum atomic E-state index is 10.7. The molecule has 0 spiro atoms. The molecule has 0 saturated carbocycles. The fourth-order valence-electron chi connectivity index (χ4n) is 1.54. The van der Waals surface area contributed by atoms with Crippen LogP contribution in [-0.2, 0) is 11.3 Å². The monoisotopic (exact) mass is 342 g/mol. The molecular weight excluding hydrogens is 329 g/mol. The van der Waals surface area contributed by atoms with E-state index < -0.39 is 18.1 Å². The third kappa shape index (κ3) is 5.69. The summed E-state index contributed by atoms with van der Waals surface area (Å²) in [5.41, 5.74) is 8.50. The first-order chi connectivity index (χ1) is 11.1. The van der Waals surface area contributed by atoms with Gasteiger partial charge in [0, 0.05) is 18.3 Å². The molecule has 2 aromatic rings. The number of alkyl halides is 3. The first kappa shape index (κ1) is 19.1. The van der Waals surface area contributed by atoms with Gasteiger partial charge in [0.15, 0.2) is 0 Å². The van der Waals surface area contributed by atoms with Crippen LogP contribution in [-0.4, -0.2) is 33.3 Å². The Morgan fingerprint density at radius 1 is 1.08 bits per heavy atom. The van der Waals surface area contributed by atoms with Gasteiger partial charge in [-0.3, -0.25) is 4.98 Å². The number of nitrogens with two attached hydrogens (primary N) is 1. The van der Waals surface area contributed by atoms with Gasteiger partial charge in [0.05, 0.1) is 11.3 Å². The number of benzene rings is 1. The number of pyridine rings is 1. The molecule has 9 heteroatoms. The van der Waals surface area contributed by atoms with Crippen molar-refractivity contribution < 1.29 is 33.0 Å². The van der Waals surface area contributed by atoms with Gasteiger partial charge >= 0.3 is 18.1 Å². The van der Waals surface area contributed by atoms with Crippen LogP contribution in [0.5, 0.6) is 0 Å². The molecule has 4 N–H and O–H groups in total. The zero-order valence-corrected chi connectivity index (χ0v) is 12.1. The van der Waals surface area contributed by atoms with E-state index in [4.69, 9.17) is 20.7 Å². The lowest BCUT2D eigenvalue weighted by molar-refractivity contribution is -0.192. The van der Waals surface area contributed by atoms with Gasteiger partial charge in [-0.15, -0.1) is 0 Å². The Hall–Kier alpha value is -2.94. The minimum absolute atomic E-state index is 0.267. The molecule has 1 aromatic carbocycles. The molecule has 0 bridgehead atoms. The number of hydrogen-bond acceptors (Lipinski definition) is 4. The van der Waals surface area contributed by atoms with Gasteiger partial charge < -0.3 is 15.9 Å². The van der Waals surface area contributed by atoms with Crippen LogP contribution < -0.4 is 5.73 Å². The summed E-state index contributed by atoms with van der Waals surface area (Å²) in [6.45, 7) is 0.461. The predicted octanol–water partition coefficient (Wildman–Crippen LogP) is 2.54. The van der Waals surface area contributed by atoms with Crippen molar-refractivity contribution in [2.24, 2.45) is 5.73 Å². The third-order valence-electron chi connectivity index (χ3n) is 2.73. The molecule has 1 aromatic heterocycles. The van der Waals surface area contributed by atoms with Crippen molar-refractivity contribution in [2.75, 3.05) is 0 Å². The first-order valence-corrected chi connectivity index (χ1v) is 6.44. The summed E-state index contributed by atoms with van der Waals surface area (Å²) in [6.07, 6.45) is -3.39. The van der Waals surface area contributed by atoms with Crippen LogP contribution in [0, 0.1) is 0 Å². The highest BCUT2D eigenvalue weighted by atomic mass is 19.4. The number of aromatic nitrogens is 1. The molecule has 0 aliphatic carbocycles. The Bertz CT molecular complexity index is 715. The fraction of sp³-hybridized carbons (Fsp3) is 0.133. The van der Waals surface area contributed by atoms with Gasteiger partial charge in [-0.1, -0.05) is 12.1 Å². The lowest BCUT2D eigenvalue weighted by atomic mass is 10.1. The van der Waals surface area contributed by atoms with Crippen molar-refractivity contribution in [1.82, 2.24) is 4.98 Å². The lowest BCUT2D eigenvalue weighted by Gasteiger charge is -2.03. The Balaban J connectivity index is 0.000000351. The Morgan fingerprint density at radius 2 is 1.62 bits per heavy atom. The molecule has 0 saturated heterocycles. The van der Waals surface area contributed by atoms with E-state index in [9.17, 15) is 18.0 Å². The van der Waals surface area contributed by atoms with E-state index in [1.54, 1.807) is 30.5 Å². The minimum atomic E-state index is -5.08. The SMILES string of the molecule is NCc1ccnc(-c2ccc(C(=O)O)cc2)c1.O=C(O)C(F)(F)F. The summed E-state index contributed by atoms with van der Waals surface area (Å²) in [6, 6.07) is 10.4. The van der Waals surface area contributed by atoms with Crippen molar-refractivity contribution in [1.29, 1.82) is 0 Å². The number of hydrogen-bond donors (Lipinski definition) is 3. The van der Waals surface area contributed by atoms with Gasteiger partial charge in [-0.05, 0) is 29.8 Å². The Morgan fingerprint density at radius 3 is 2.04 bits per heavy atom. The third-order valence-corrected chi connectivity index (χ3v) is 2.73. The molecule has 2 rings (SSSR count). The number of carboxylic acids is 2. The summed E-state index contributed by atoms with van der Waals surface area (Å²) < 4.78 is 31.7. The molecule has 0 unspecified atom stereocenters. The molecule has 1 heterocycles. The number of carbonyl (C=O) groups is 2. The van der Waals surface area contributed by atoms with Gasteiger partial charge in [-0.2, -0.15) is 13.2 Å². The lowest BCUT2D eigenvalue weighted by Crippen LogP contribution is -2.21. The highest BCUT2D eigenvalue weighted by molar-refractivity contribution is 5.88. The standard InChI is InChI=1S/C13H12N2O2.C2HF3O2/c14-8-9-5-6-15-12(7-9)10-1-3-11(4-2-10)13(16)17;3-2(4,5)1(6)7/h1-7H,8,14H2,(H,16,17);(H,6,7). The highest BCUT2D eigenvalue weighted by Crippen LogP contribution is 2.18. The molecule has 128 valence electrons. The van der Waals surface area contributed by atoms with Crippen molar-refractivity contribution in [3.63, 3.8) is 0 Å². The van der Waals surface area contributed by atoms with Gasteiger partial charge in [-0.25, -0.2) is 9.59 Å². The predicted molar refractivity (Wildman–Crippen MR) is 78.2 cm³/mol. The second-order valence-corrected chi connectivity index (χ2v) is 4.44. The number of halogens is 3. The number of aromatic carboxylic acids is 1. The van der Waals surface area contributed by atoms with Crippen LogP contribution in [0.2, 0.25) is 0 Å². The molecule has 0 fully saturated rings. The number of rotatable bonds is 3. The normalized spacial score (nSPS) is 10.5. The highest BCUT2D eigenvalue weighted by Gasteiger charge is 2.38. The molecular formula is C15H13F3N2O4. The number of carboxylic acid groups (broad SMARTS) is 2. The molecule has 6 nitrogen and oxygen atoms in total.